The summed E-state index contributed by atoms with van der Waals surface area (Å²) in [5.74, 6) is 0.358. The fourth-order valence-electron chi connectivity index (χ4n) is 3.99. The maximum absolute atomic E-state index is 12.1. The molecule has 0 spiro atoms. The van der Waals surface area contributed by atoms with Crippen LogP contribution in [0.5, 0.6) is 0 Å². The van der Waals surface area contributed by atoms with E-state index in [1.807, 2.05) is 0 Å². The van der Waals surface area contributed by atoms with Gasteiger partial charge in [-0.1, -0.05) is 32.9 Å². The fourth-order valence-corrected chi connectivity index (χ4v) is 3.99. The van der Waals surface area contributed by atoms with E-state index in [2.05, 4.69) is 61.0 Å². The predicted octanol–water partition coefficient (Wildman–Crippen LogP) is 3.21. The highest BCUT2D eigenvalue weighted by Crippen LogP contribution is 2.28. The molecule has 27 heavy (non-hydrogen) atoms. The molecule has 2 aliphatic rings. The Morgan fingerprint density at radius 3 is 2.33 bits per heavy atom. The number of carbonyl (C=O) groups excluding carboxylic acids is 2. The molecule has 0 bridgehead atoms. The van der Waals surface area contributed by atoms with Crippen molar-refractivity contribution in [3.05, 3.63) is 29.8 Å². The Bertz CT molecular complexity index is 655. The minimum Gasteiger partial charge on any atom is -0.382 e. The first-order valence-corrected chi connectivity index (χ1v) is 10.2. The summed E-state index contributed by atoms with van der Waals surface area (Å²) in [5, 5.41) is 9.43. The van der Waals surface area contributed by atoms with Gasteiger partial charge in [0.05, 0.1) is 5.92 Å². The maximum Gasteiger partial charge on any atom is 0.225 e. The number of benzene rings is 1. The molecule has 1 heterocycles. The SMILES string of the molecule is CC(C)(C)c1ccc(NC2CCC(CNC(=O)C3CNC(=O)C3)CC2)cc1. The Kier molecular flexibility index (Phi) is 6.08. The summed E-state index contributed by atoms with van der Waals surface area (Å²) in [6.45, 7) is 7.91. The molecule has 2 fully saturated rings. The van der Waals surface area contributed by atoms with E-state index in [0.29, 0.717) is 24.9 Å². The fraction of sp³-hybridized carbons (Fsp3) is 0.636. The topological polar surface area (TPSA) is 70.2 Å². The second kappa shape index (κ2) is 8.32. The van der Waals surface area contributed by atoms with Gasteiger partial charge in [-0.05, 0) is 54.7 Å². The van der Waals surface area contributed by atoms with E-state index < -0.39 is 0 Å². The second-order valence-electron chi connectivity index (χ2n) is 9.14. The van der Waals surface area contributed by atoms with Crippen molar-refractivity contribution >= 4 is 17.5 Å². The molecule has 1 aromatic carbocycles. The van der Waals surface area contributed by atoms with Crippen molar-refractivity contribution in [2.24, 2.45) is 11.8 Å². The van der Waals surface area contributed by atoms with Crippen molar-refractivity contribution in [2.45, 2.75) is 64.3 Å². The second-order valence-corrected chi connectivity index (χ2v) is 9.14. The Hall–Kier alpha value is -2.04. The largest absolute Gasteiger partial charge is 0.382 e. The molecule has 148 valence electrons. The first kappa shape index (κ1) is 19.7. The number of rotatable bonds is 5. The first-order valence-electron chi connectivity index (χ1n) is 10.2. The van der Waals surface area contributed by atoms with E-state index in [4.69, 9.17) is 0 Å². The van der Waals surface area contributed by atoms with Gasteiger partial charge < -0.3 is 16.0 Å². The van der Waals surface area contributed by atoms with Gasteiger partial charge in [-0.25, -0.2) is 0 Å². The lowest BCUT2D eigenvalue weighted by atomic mass is 9.85. The van der Waals surface area contributed by atoms with Crippen LogP contribution >= 0.6 is 0 Å². The van der Waals surface area contributed by atoms with Crippen LogP contribution in [-0.4, -0.2) is 30.9 Å². The zero-order chi connectivity index (χ0) is 19.4. The Labute approximate surface area is 162 Å². The summed E-state index contributed by atoms with van der Waals surface area (Å²) in [7, 11) is 0. The minimum absolute atomic E-state index is 0.0164. The summed E-state index contributed by atoms with van der Waals surface area (Å²) in [5.41, 5.74) is 2.73. The van der Waals surface area contributed by atoms with E-state index in [9.17, 15) is 9.59 Å². The number of carbonyl (C=O) groups is 2. The summed E-state index contributed by atoms with van der Waals surface area (Å²) in [4.78, 5) is 23.3. The maximum atomic E-state index is 12.1. The molecule has 0 aromatic heterocycles. The van der Waals surface area contributed by atoms with Gasteiger partial charge >= 0.3 is 0 Å². The van der Waals surface area contributed by atoms with Gasteiger partial charge in [0, 0.05) is 31.2 Å². The van der Waals surface area contributed by atoms with Gasteiger partial charge in [-0.3, -0.25) is 9.59 Å². The standard InChI is InChI=1S/C22H33N3O2/c1-22(2,3)17-6-10-19(11-7-17)25-18-8-4-15(5-9-18)13-24-21(27)16-12-20(26)23-14-16/h6-7,10-11,15-16,18,25H,4-5,8-9,12-14H2,1-3H3,(H,23,26)(H,24,27). The van der Waals surface area contributed by atoms with Gasteiger partial charge in [0.2, 0.25) is 11.8 Å². The molecule has 1 aliphatic carbocycles. The molecule has 1 saturated carbocycles. The van der Waals surface area contributed by atoms with Crippen LogP contribution in [0.15, 0.2) is 24.3 Å². The van der Waals surface area contributed by atoms with E-state index in [1.165, 1.54) is 11.3 Å². The molecule has 1 unspecified atom stereocenters. The van der Waals surface area contributed by atoms with Gasteiger partial charge in [-0.2, -0.15) is 0 Å². The van der Waals surface area contributed by atoms with Crippen LogP contribution in [0, 0.1) is 11.8 Å². The molecule has 1 saturated heterocycles. The average Bonchev–Trinajstić information content (AvgIpc) is 3.07. The molecule has 0 radical (unpaired) electrons. The van der Waals surface area contributed by atoms with Crippen molar-refractivity contribution in [2.75, 3.05) is 18.4 Å². The third kappa shape index (κ3) is 5.47. The van der Waals surface area contributed by atoms with Crippen molar-refractivity contribution in [1.29, 1.82) is 0 Å². The molecule has 5 nitrogen and oxygen atoms in total. The quantitative estimate of drug-likeness (QED) is 0.744. The number of nitrogens with one attached hydrogen (secondary N) is 3. The van der Waals surface area contributed by atoms with Gasteiger partial charge in [0.25, 0.3) is 0 Å². The molecular formula is C22H33N3O2. The zero-order valence-electron chi connectivity index (χ0n) is 16.8. The minimum atomic E-state index is -0.188. The number of amides is 2. The van der Waals surface area contributed by atoms with Crippen molar-refractivity contribution in [1.82, 2.24) is 10.6 Å². The smallest absolute Gasteiger partial charge is 0.225 e. The van der Waals surface area contributed by atoms with E-state index >= 15 is 0 Å². The van der Waals surface area contributed by atoms with E-state index in [-0.39, 0.29) is 23.1 Å². The van der Waals surface area contributed by atoms with Crippen LogP contribution in [0.3, 0.4) is 0 Å². The van der Waals surface area contributed by atoms with Crippen LogP contribution in [-0.2, 0) is 15.0 Å². The molecular weight excluding hydrogens is 338 g/mol. The lowest BCUT2D eigenvalue weighted by molar-refractivity contribution is -0.126. The summed E-state index contributed by atoms with van der Waals surface area (Å²) >= 11 is 0. The van der Waals surface area contributed by atoms with Crippen molar-refractivity contribution in [3.63, 3.8) is 0 Å². The summed E-state index contributed by atoms with van der Waals surface area (Å²) < 4.78 is 0. The predicted molar refractivity (Wildman–Crippen MR) is 109 cm³/mol. The third-order valence-electron chi connectivity index (χ3n) is 5.88. The van der Waals surface area contributed by atoms with Crippen LogP contribution in [0.25, 0.3) is 0 Å². The third-order valence-corrected chi connectivity index (χ3v) is 5.88. The van der Waals surface area contributed by atoms with Gasteiger partial charge in [0.15, 0.2) is 0 Å². The highest BCUT2D eigenvalue weighted by molar-refractivity contribution is 5.89. The lowest BCUT2D eigenvalue weighted by Crippen LogP contribution is -2.37. The molecule has 1 aromatic rings. The van der Waals surface area contributed by atoms with Crippen LogP contribution in [0.2, 0.25) is 0 Å². The lowest BCUT2D eigenvalue weighted by Gasteiger charge is -2.30. The molecule has 1 atom stereocenters. The van der Waals surface area contributed by atoms with E-state index in [1.54, 1.807) is 0 Å². The van der Waals surface area contributed by atoms with Crippen molar-refractivity contribution < 1.29 is 9.59 Å². The van der Waals surface area contributed by atoms with Crippen LogP contribution in [0.4, 0.5) is 5.69 Å². The number of anilines is 1. The average molecular weight is 372 g/mol. The van der Waals surface area contributed by atoms with Gasteiger partial charge in [0.1, 0.15) is 0 Å². The zero-order valence-corrected chi connectivity index (χ0v) is 16.8. The Balaban J connectivity index is 1.38. The molecule has 1 aliphatic heterocycles. The van der Waals surface area contributed by atoms with Gasteiger partial charge in [-0.15, -0.1) is 0 Å². The Morgan fingerprint density at radius 2 is 1.78 bits per heavy atom. The Morgan fingerprint density at radius 1 is 1.11 bits per heavy atom. The summed E-state index contributed by atoms with van der Waals surface area (Å²) in [6.07, 6.45) is 4.84. The molecule has 5 heteroatoms. The highest BCUT2D eigenvalue weighted by atomic mass is 16.2. The highest BCUT2D eigenvalue weighted by Gasteiger charge is 2.28. The monoisotopic (exact) mass is 371 g/mol. The summed E-state index contributed by atoms with van der Waals surface area (Å²) in [6, 6.07) is 9.31. The molecule has 2 amide bonds. The molecule has 3 N–H and O–H groups in total. The molecule has 3 rings (SSSR count). The van der Waals surface area contributed by atoms with Crippen LogP contribution < -0.4 is 16.0 Å². The number of hydrogen-bond donors (Lipinski definition) is 3. The van der Waals surface area contributed by atoms with E-state index in [0.717, 1.165) is 32.2 Å². The van der Waals surface area contributed by atoms with Crippen LogP contribution in [0.1, 0.15) is 58.4 Å². The first-order chi connectivity index (χ1) is 12.8. The van der Waals surface area contributed by atoms with Crippen molar-refractivity contribution in [3.8, 4) is 0 Å². The normalized spacial score (nSPS) is 25.7. The number of hydrogen-bond acceptors (Lipinski definition) is 3.